The monoisotopic (exact) mass is 621 g/mol. The van der Waals surface area contributed by atoms with Crippen molar-refractivity contribution in [2.24, 2.45) is 4.99 Å². The summed E-state index contributed by atoms with van der Waals surface area (Å²) in [6, 6.07) is 15.4. The first kappa shape index (κ1) is 34.4. The Hall–Kier alpha value is -3.51. The van der Waals surface area contributed by atoms with Crippen molar-refractivity contribution < 1.29 is 19.1 Å². The molecular formula is C34H51N7O4. The maximum Gasteiger partial charge on any atom is 0.325 e. The zero-order chi connectivity index (χ0) is 32.2. The van der Waals surface area contributed by atoms with Crippen molar-refractivity contribution in [1.29, 1.82) is 0 Å². The third-order valence-corrected chi connectivity index (χ3v) is 7.74. The molecule has 2 aliphatic heterocycles. The summed E-state index contributed by atoms with van der Waals surface area (Å²) in [5, 5.41) is 9.44. The number of rotatable bonds is 14. The van der Waals surface area contributed by atoms with Crippen molar-refractivity contribution in [3.63, 3.8) is 0 Å². The molecular weight excluding hydrogens is 570 g/mol. The summed E-state index contributed by atoms with van der Waals surface area (Å²) in [4.78, 5) is 36.2. The van der Waals surface area contributed by atoms with E-state index in [4.69, 9.17) is 9.47 Å². The Bertz CT molecular complexity index is 1240. The second kappa shape index (κ2) is 16.7. The van der Waals surface area contributed by atoms with E-state index in [1.165, 1.54) is 13.0 Å². The standard InChI is InChI=1S/C34H51N7O4/c1-34(2,3)45-31(42)25-35-32(43)27-9-7-26(8-10-27)28-23-36-33(37-24-28)38-29-11-13-30(14-12-29)44-22-21-41-19-17-40(18-20-41)16-6-15-39(4)5/h7-14,23,28,33,37-38H,6,15-22,24-25H2,1-5H3,(H,35,43). The number of nitrogens with zero attached hydrogens (tertiary/aromatic N) is 4. The first-order valence-electron chi connectivity index (χ1n) is 16.0. The van der Waals surface area contributed by atoms with Gasteiger partial charge >= 0.3 is 5.97 Å². The molecule has 1 fully saturated rings. The lowest BCUT2D eigenvalue weighted by atomic mass is 9.98. The lowest BCUT2D eigenvalue weighted by molar-refractivity contribution is -0.153. The van der Waals surface area contributed by atoms with Gasteiger partial charge in [-0.05, 0) is 96.3 Å². The van der Waals surface area contributed by atoms with Crippen molar-refractivity contribution in [3.05, 3.63) is 59.7 Å². The molecule has 1 saturated heterocycles. The highest BCUT2D eigenvalue weighted by atomic mass is 16.6. The van der Waals surface area contributed by atoms with Crippen LogP contribution in [0.5, 0.6) is 5.75 Å². The van der Waals surface area contributed by atoms with E-state index < -0.39 is 11.6 Å². The number of hydrogen-bond acceptors (Lipinski definition) is 10. The second-order valence-corrected chi connectivity index (χ2v) is 13.0. The molecule has 45 heavy (non-hydrogen) atoms. The van der Waals surface area contributed by atoms with E-state index in [9.17, 15) is 9.59 Å². The summed E-state index contributed by atoms with van der Waals surface area (Å²) in [6.07, 6.45) is 2.93. The van der Waals surface area contributed by atoms with E-state index in [0.29, 0.717) is 18.7 Å². The van der Waals surface area contributed by atoms with Gasteiger partial charge < -0.3 is 29.9 Å². The summed E-state index contributed by atoms with van der Waals surface area (Å²) >= 11 is 0. The molecule has 246 valence electrons. The fourth-order valence-corrected chi connectivity index (χ4v) is 5.28. The number of esters is 1. The van der Waals surface area contributed by atoms with Crippen LogP contribution in [0.1, 0.15) is 49.0 Å². The van der Waals surface area contributed by atoms with Gasteiger partial charge in [0.25, 0.3) is 5.91 Å². The number of nitrogens with one attached hydrogen (secondary N) is 3. The average molecular weight is 622 g/mol. The summed E-state index contributed by atoms with van der Waals surface area (Å²) in [5.74, 6) is 0.170. The Morgan fingerprint density at radius 3 is 2.24 bits per heavy atom. The van der Waals surface area contributed by atoms with Crippen LogP contribution in [-0.2, 0) is 9.53 Å². The lowest BCUT2D eigenvalue weighted by Gasteiger charge is -2.34. The van der Waals surface area contributed by atoms with Crippen LogP contribution < -0.4 is 20.7 Å². The number of anilines is 1. The minimum absolute atomic E-state index is 0.0868. The van der Waals surface area contributed by atoms with Crippen molar-refractivity contribution in [1.82, 2.24) is 25.3 Å². The van der Waals surface area contributed by atoms with Crippen molar-refractivity contribution >= 4 is 23.8 Å². The van der Waals surface area contributed by atoms with E-state index in [-0.39, 0.29) is 24.7 Å². The Kier molecular flexibility index (Phi) is 12.8. The van der Waals surface area contributed by atoms with Crippen LogP contribution in [-0.4, -0.2) is 124 Å². The molecule has 0 aliphatic carbocycles. The van der Waals surface area contributed by atoms with Gasteiger partial charge in [0.05, 0.1) is 0 Å². The molecule has 2 aliphatic rings. The number of aliphatic imine (C=N–C) groups is 1. The normalized spacial score (nSPS) is 19.3. The third kappa shape index (κ3) is 12.1. The molecule has 0 saturated carbocycles. The number of carbonyl (C=O) groups excluding carboxylic acids is 2. The quantitative estimate of drug-likeness (QED) is 0.274. The third-order valence-electron chi connectivity index (χ3n) is 7.74. The Morgan fingerprint density at radius 2 is 1.64 bits per heavy atom. The molecule has 4 rings (SSSR count). The molecule has 0 radical (unpaired) electrons. The van der Waals surface area contributed by atoms with Gasteiger partial charge in [-0.3, -0.25) is 24.8 Å². The molecule has 2 aromatic rings. The van der Waals surface area contributed by atoms with Crippen LogP contribution in [0.15, 0.2) is 53.5 Å². The maximum atomic E-state index is 12.4. The SMILES string of the molecule is CN(C)CCCN1CCN(CCOc2ccc(NC3N=CC(c4ccc(C(=O)NCC(=O)OC(C)(C)C)cc4)CN3)cc2)CC1. The highest BCUT2D eigenvalue weighted by molar-refractivity contribution is 5.96. The predicted octanol–water partition coefficient (Wildman–Crippen LogP) is 2.86. The summed E-state index contributed by atoms with van der Waals surface area (Å²) < 4.78 is 11.3. The minimum Gasteiger partial charge on any atom is -0.492 e. The molecule has 0 bridgehead atoms. The van der Waals surface area contributed by atoms with Crippen LogP contribution in [0, 0.1) is 0 Å². The summed E-state index contributed by atoms with van der Waals surface area (Å²) in [5.41, 5.74) is 1.91. The highest BCUT2D eigenvalue weighted by Gasteiger charge is 2.20. The molecule has 11 heteroatoms. The molecule has 11 nitrogen and oxygen atoms in total. The molecule has 0 aromatic heterocycles. The number of piperazine rings is 1. The van der Waals surface area contributed by atoms with Gasteiger partial charge in [0, 0.05) is 62.7 Å². The van der Waals surface area contributed by atoms with Crippen LogP contribution in [0.25, 0.3) is 0 Å². The zero-order valence-electron chi connectivity index (χ0n) is 27.6. The predicted molar refractivity (Wildman–Crippen MR) is 179 cm³/mol. The van der Waals surface area contributed by atoms with E-state index in [1.54, 1.807) is 32.9 Å². The lowest BCUT2D eigenvalue weighted by Crippen LogP contribution is -2.47. The Balaban J connectivity index is 1.13. The van der Waals surface area contributed by atoms with Gasteiger partial charge in [-0.1, -0.05) is 12.1 Å². The van der Waals surface area contributed by atoms with Gasteiger partial charge in [-0.2, -0.15) is 0 Å². The largest absolute Gasteiger partial charge is 0.492 e. The molecule has 2 unspecified atom stereocenters. The first-order chi connectivity index (χ1) is 21.5. The van der Waals surface area contributed by atoms with Gasteiger partial charge in [-0.25, -0.2) is 0 Å². The Labute approximate surface area is 268 Å². The van der Waals surface area contributed by atoms with Crippen LogP contribution in [0.4, 0.5) is 5.69 Å². The van der Waals surface area contributed by atoms with E-state index in [0.717, 1.165) is 56.3 Å². The van der Waals surface area contributed by atoms with Gasteiger partial charge in [0.1, 0.15) is 24.5 Å². The molecule has 2 heterocycles. The van der Waals surface area contributed by atoms with Gasteiger partial charge in [0.15, 0.2) is 6.29 Å². The number of benzene rings is 2. The number of carbonyl (C=O) groups is 2. The average Bonchev–Trinajstić information content (AvgIpc) is 3.01. The zero-order valence-corrected chi connectivity index (χ0v) is 27.6. The minimum atomic E-state index is -0.588. The van der Waals surface area contributed by atoms with Gasteiger partial charge in [-0.15, -0.1) is 0 Å². The van der Waals surface area contributed by atoms with Crippen molar-refractivity contribution in [2.75, 3.05) is 84.9 Å². The molecule has 0 spiro atoms. The van der Waals surface area contributed by atoms with Crippen molar-refractivity contribution in [3.8, 4) is 5.75 Å². The fraction of sp³-hybridized carbons (Fsp3) is 0.559. The number of hydrogen-bond donors (Lipinski definition) is 3. The first-order valence-corrected chi connectivity index (χ1v) is 16.0. The topological polar surface area (TPSA) is 111 Å². The molecule has 1 amide bonds. The van der Waals surface area contributed by atoms with E-state index >= 15 is 0 Å². The molecule has 2 aromatic carbocycles. The van der Waals surface area contributed by atoms with Crippen LogP contribution >= 0.6 is 0 Å². The highest BCUT2D eigenvalue weighted by Crippen LogP contribution is 2.20. The smallest absolute Gasteiger partial charge is 0.325 e. The van der Waals surface area contributed by atoms with E-state index in [1.807, 2.05) is 42.6 Å². The van der Waals surface area contributed by atoms with Crippen LogP contribution in [0.3, 0.4) is 0 Å². The number of amides is 1. The number of ether oxygens (including phenoxy) is 2. The van der Waals surface area contributed by atoms with Crippen molar-refractivity contribution in [2.45, 2.75) is 45.0 Å². The molecule has 2 atom stereocenters. The fourth-order valence-electron chi connectivity index (χ4n) is 5.28. The maximum absolute atomic E-state index is 12.4. The summed E-state index contributed by atoms with van der Waals surface area (Å²) in [6.45, 7) is 14.3. The van der Waals surface area contributed by atoms with E-state index in [2.05, 4.69) is 49.7 Å². The van der Waals surface area contributed by atoms with Gasteiger partial charge in [0.2, 0.25) is 0 Å². The summed E-state index contributed by atoms with van der Waals surface area (Å²) in [7, 11) is 4.27. The Morgan fingerprint density at radius 1 is 0.978 bits per heavy atom. The second-order valence-electron chi connectivity index (χ2n) is 13.0. The molecule has 3 N–H and O–H groups in total. The van der Waals surface area contributed by atoms with Crippen LogP contribution in [0.2, 0.25) is 0 Å².